The van der Waals surface area contributed by atoms with E-state index in [1.165, 1.54) is 6.07 Å². The van der Waals surface area contributed by atoms with Gasteiger partial charge in [0, 0.05) is 30.1 Å². The van der Waals surface area contributed by atoms with Crippen molar-refractivity contribution in [3.63, 3.8) is 0 Å². The molecule has 0 saturated carbocycles. The van der Waals surface area contributed by atoms with Crippen LogP contribution in [0.4, 0.5) is 18.9 Å². The number of nitrogens with zero attached hydrogens (tertiary/aromatic N) is 1. The Hall–Kier alpha value is -0.750. The highest BCUT2D eigenvalue weighted by Crippen LogP contribution is 2.38. The maximum absolute atomic E-state index is 13.0. The minimum Gasteiger partial charge on any atom is -0.368 e. The fourth-order valence-electron chi connectivity index (χ4n) is 2.16. The standard InChI is InChI=1S/C12H14BrF3N2/c1-8-7-18(5-4-17-8)11-6-9(13)2-3-10(11)12(14,15)16/h2-3,6,8,17H,4-5,7H2,1H3/t8-/m0/s1. The van der Waals surface area contributed by atoms with E-state index in [0.717, 1.165) is 6.07 Å². The Morgan fingerprint density at radius 3 is 2.72 bits per heavy atom. The molecule has 2 nitrogen and oxygen atoms in total. The first kappa shape index (κ1) is 13.7. The molecule has 6 heteroatoms. The van der Waals surface area contributed by atoms with Crippen LogP contribution in [0.5, 0.6) is 0 Å². The molecule has 1 aromatic rings. The Morgan fingerprint density at radius 2 is 2.11 bits per heavy atom. The Bertz CT molecular complexity index is 434. The number of nitrogens with one attached hydrogen (secondary N) is 1. The van der Waals surface area contributed by atoms with Gasteiger partial charge in [-0.25, -0.2) is 0 Å². The van der Waals surface area contributed by atoms with Crippen molar-refractivity contribution in [2.24, 2.45) is 0 Å². The van der Waals surface area contributed by atoms with Crippen molar-refractivity contribution < 1.29 is 13.2 Å². The molecule has 1 atom stereocenters. The van der Waals surface area contributed by atoms with Crippen molar-refractivity contribution in [1.82, 2.24) is 5.32 Å². The lowest BCUT2D eigenvalue weighted by molar-refractivity contribution is -0.137. The molecule has 100 valence electrons. The van der Waals surface area contributed by atoms with Crippen LogP contribution in [0.25, 0.3) is 0 Å². The lowest BCUT2D eigenvalue weighted by atomic mass is 10.1. The second-order valence-corrected chi connectivity index (χ2v) is 5.38. The fraction of sp³-hybridized carbons (Fsp3) is 0.500. The molecule has 0 amide bonds. The van der Waals surface area contributed by atoms with Gasteiger partial charge in [0.25, 0.3) is 0 Å². The molecule has 0 unspecified atom stereocenters. The van der Waals surface area contributed by atoms with Crippen LogP contribution in [0, 0.1) is 0 Å². The third-order valence-electron chi connectivity index (χ3n) is 2.97. The van der Waals surface area contributed by atoms with E-state index in [4.69, 9.17) is 0 Å². The fourth-order valence-corrected chi connectivity index (χ4v) is 2.51. The largest absolute Gasteiger partial charge is 0.418 e. The first-order valence-corrected chi connectivity index (χ1v) is 6.52. The molecule has 0 spiro atoms. The van der Waals surface area contributed by atoms with Gasteiger partial charge in [-0.2, -0.15) is 13.2 Å². The molecular weight excluding hydrogens is 309 g/mol. The van der Waals surface area contributed by atoms with Gasteiger partial charge in [0.05, 0.1) is 11.3 Å². The number of benzene rings is 1. The topological polar surface area (TPSA) is 15.3 Å². The number of hydrogen-bond acceptors (Lipinski definition) is 2. The highest BCUT2D eigenvalue weighted by molar-refractivity contribution is 9.10. The number of hydrogen-bond donors (Lipinski definition) is 1. The normalized spacial score (nSPS) is 21.2. The van der Waals surface area contributed by atoms with Crippen molar-refractivity contribution in [3.05, 3.63) is 28.2 Å². The Balaban J connectivity index is 2.38. The van der Waals surface area contributed by atoms with Crippen LogP contribution >= 0.6 is 15.9 Å². The Labute approximate surface area is 112 Å². The van der Waals surface area contributed by atoms with E-state index in [-0.39, 0.29) is 11.7 Å². The number of rotatable bonds is 1. The van der Waals surface area contributed by atoms with Crippen molar-refractivity contribution in [3.8, 4) is 0 Å². The summed E-state index contributed by atoms with van der Waals surface area (Å²) >= 11 is 3.24. The molecule has 2 rings (SSSR count). The van der Waals surface area contributed by atoms with E-state index in [1.807, 2.05) is 6.92 Å². The maximum atomic E-state index is 13.0. The van der Waals surface area contributed by atoms with Crippen molar-refractivity contribution in [1.29, 1.82) is 0 Å². The van der Waals surface area contributed by atoms with Crippen LogP contribution < -0.4 is 10.2 Å². The Kier molecular flexibility index (Phi) is 3.87. The van der Waals surface area contributed by atoms with Crippen molar-refractivity contribution >= 4 is 21.6 Å². The van der Waals surface area contributed by atoms with Crippen LogP contribution in [0.2, 0.25) is 0 Å². The first-order valence-electron chi connectivity index (χ1n) is 5.73. The summed E-state index contributed by atoms with van der Waals surface area (Å²) in [6.45, 7) is 3.84. The first-order chi connectivity index (χ1) is 8.38. The number of alkyl halides is 3. The van der Waals surface area contributed by atoms with Crippen LogP contribution in [0.3, 0.4) is 0 Å². The summed E-state index contributed by atoms with van der Waals surface area (Å²) in [5.41, 5.74) is -0.315. The molecule has 0 bridgehead atoms. The van der Waals surface area contributed by atoms with Gasteiger partial charge in [-0.05, 0) is 25.1 Å². The van der Waals surface area contributed by atoms with Crippen molar-refractivity contribution in [2.45, 2.75) is 19.1 Å². The van der Waals surface area contributed by atoms with Gasteiger partial charge in [-0.3, -0.25) is 0 Å². The average Bonchev–Trinajstić information content (AvgIpc) is 2.27. The Morgan fingerprint density at radius 1 is 1.39 bits per heavy atom. The smallest absolute Gasteiger partial charge is 0.368 e. The molecule has 0 aromatic heterocycles. The lowest BCUT2D eigenvalue weighted by Gasteiger charge is -2.35. The molecule has 1 aliphatic rings. The molecule has 0 aliphatic carbocycles. The highest BCUT2D eigenvalue weighted by Gasteiger charge is 2.35. The monoisotopic (exact) mass is 322 g/mol. The van der Waals surface area contributed by atoms with Crippen molar-refractivity contribution in [2.75, 3.05) is 24.5 Å². The van der Waals surface area contributed by atoms with Gasteiger partial charge in [-0.1, -0.05) is 15.9 Å². The molecule has 1 N–H and O–H groups in total. The zero-order chi connectivity index (χ0) is 13.3. The van der Waals surface area contributed by atoms with E-state index in [2.05, 4.69) is 21.2 Å². The molecule has 1 fully saturated rings. The van der Waals surface area contributed by atoms with E-state index >= 15 is 0 Å². The SMILES string of the molecule is C[C@H]1CN(c2cc(Br)ccc2C(F)(F)F)CCN1. The summed E-state index contributed by atoms with van der Waals surface area (Å²) in [6.07, 6.45) is -4.32. The van der Waals surface area contributed by atoms with Crippen LogP contribution in [-0.4, -0.2) is 25.7 Å². The third-order valence-corrected chi connectivity index (χ3v) is 3.47. The van der Waals surface area contributed by atoms with E-state index in [0.29, 0.717) is 24.1 Å². The van der Waals surface area contributed by atoms with Crippen LogP contribution in [0.1, 0.15) is 12.5 Å². The predicted octanol–water partition coefficient (Wildman–Crippen LogP) is 3.27. The quantitative estimate of drug-likeness (QED) is 0.853. The van der Waals surface area contributed by atoms with Gasteiger partial charge in [0.2, 0.25) is 0 Å². The third kappa shape index (κ3) is 2.98. The summed E-state index contributed by atoms with van der Waals surface area (Å²) < 4.78 is 39.6. The summed E-state index contributed by atoms with van der Waals surface area (Å²) in [7, 11) is 0. The van der Waals surface area contributed by atoms with Crippen LogP contribution in [-0.2, 0) is 6.18 Å². The minimum absolute atomic E-state index is 0.193. The minimum atomic E-state index is -4.32. The summed E-state index contributed by atoms with van der Waals surface area (Å²) in [4.78, 5) is 1.79. The van der Waals surface area contributed by atoms with Gasteiger partial charge in [0.15, 0.2) is 0 Å². The second kappa shape index (κ2) is 5.09. The number of halogens is 4. The number of anilines is 1. The molecular formula is C12H14BrF3N2. The highest BCUT2D eigenvalue weighted by atomic mass is 79.9. The molecule has 0 radical (unpaired) electrons. The molecule has 1 aliphatic heterocycles. The van der Waals surface area contributed by atoms with Gasteiger partial charge >= 0.3 is 6.18 Å². The van der Waals surface area contributed by atoms with Gasteiger partial charge < -0.3 is 10.2 Å². The summed E-state index contributed by atoms with van der Waals surface area (Å²) in [5, 5.41) is 3.22. The summed E-state index contributed by atoms with van der Waals surface area (Å²) in [6, 6.07) is 4.30. The summed E-state index contributed by atoms with van der Waals surface area (Å²) in [5.74, 6) is 0. The van der Waals surface area contributed by atoms with E-state index < -0.39 is 11.7 Å². The van der Waals surface area contributed by atoms with Crippen LogP contribution in [0.15, 0.2) is 22.7 Å². The predicted molar refractivity (Wildman–Crippen MR) is 68.8 cm³/mol. The zero-order valence-corrected chi connectivity index (χ0v) is 11.5. The van der Waals surface area contributed by atoms with E-state index in [9.17, 15) is 13.2 Å². The maximum Gasteiger partial charge on any atom is 0.418 e. The van der Waals surface area contributed by atoms with Gasteiger partial charge in [-0.15, -0.1) is 0 Å². The zero-order valence-electron chi connectivity index (χ0n) is 9.89. The van der Waals surface area contributed by atoms with Gasteiger partial charge in [0.1, 0.15) is 0 Å². The number of piperazine rings is 1. The molecule has 18 heavy (non-hydrogen) atoms. The lowest BCUT2D eigenvalue weighted by Crippen LogP contribution is -2.49. The molecule has 1 saturated heterocycles. The van der Waals surface area contributed by atoms with E-state index in [1.54, 1.807) is 11.0 Å². The second-order valence-electron chi connectivity index (χ2n) is 4.46. The molecule has 1 aromatic carbocycles. The average molecular weight is 323 g/mol. The molecule has 1 heterocycles.